The number of hydrogen-bond acceptors (Lipinski definition) is 12. The quantitative estimate of drug-likeness (QED) is 0.0468. The predicted octanol–water partition coefficient (Wildman–Crippen LogP) is 8.66. The monoisotopic (exact) mass is 905 g/mol. The van der Waals surface area contributed by atoms with Crippen molar-refractivity contribution < 1.29 is 74.0 Å². The number of benzene rings is 3. The van der Waals surface area contributed by atoms with Gasteiger partial charge in [0.15, 0.2) is 14.0 Å². The Morgan fingerprint density at radius 2 is 1.63 bits per heavy atom. The third kappa shape index (κ3) is 17.0. The number of nitrogens with zero attached hydrogens (tertiary/aromatic N) is 4. The Labute approximate surface area is 340 Å². The minimum Gasteiger partial charge on any atom is -0.487 e. The van der Waals surface area contributed by atoms with E-state index in [-0.39, 0.29) is 69.7 Å². The van der Waals surface area contributed by atoms with Gasteiger partial charge in [-0.05, 0) is 75.7 Å². The highest BCUT2D eigenvalue weighted by Crippen LogP contribution is 2.39. The summed E-state index contributed by atoms with van der Waals surface area (Å²) in [5.74, 6) is -1.96. The highest BCUT2D eigenvalue weighted by Gasteiger charge is 2.36. The lowest BCUT2D eigenvalue weighted by Gasteiger charge is -2.26. The van der Waals surface area contributed by atoms with Crippen LogP contribution in [0.4, 0.5) is 42.1 Å². The van der Waals surface area contributed by atoms with Crippen LogP contribution in [0.25, 0.3) is 0 Å². The van der Waals surface area contributed by atoms with Gasteiger partial charge in [0.25, 0.3) is 11.1 Å². The molecular weight excluding hydrogens is 870 g/mol. The number of aromatic nitrogens is 2. The number of ether oxygens (including phenoxy) is 3. The Bertz CT molecular complexity index is 2090. The van der Waals surface area contributed by atoms with Gasteiger partial charge in [-0.3, -0.25) is 24.3 Å². The number of carboxylic acids is 1. The van der Waals surface area contributed by atoms with E-state index in [1.54, 1.807) is 20.8 Å². The molecule has 1 heterocycles. The number of rotatable bonds is 14. The molecule has 0 spiro atoms. The fourth-order valence-corrected chi connectivity index (χ4v) is 5.82. The van der Waals surface area contributed by atoms with Gasteiger partial charge in [0.2, 0.25) is 10.8 Å². The van der Waals surface area contributed by atoms with Crippen LogP contribution in [0.1, 0.15) is 37.8 Å². The van der Waals surface area contributed by atoms with Gasteiger partial charge in [0.05, 0.1) is 22.1 Å². The summed E-state index contributed by atoms with van der Waals surface area (Å²) in [5.41, 5.74) is 4.39. The van der Waals surface area contributed by atoms with Crippen LogP contribution in [0.5, 0.6) is 22.4 Å². The standard InChI is InChI=1S/C15H11ClF3NO4.C14H13F4N3O2S.C5H12NO4P/c1-2-23-14-8-10(4-5-12(14)20(21)22)24-13-6-3-9(7-11(13)16)15(17,18)19;1-8(2)21(10-5-3-9(15)4-6-10)11(22)7-23-13-20-19-12(24-13)14(16,17)18;1-11(9,10)3-2-4(6)5(7)8/h3-8H,2H2,1H3;3-6,8H,7H2,1-2H3;4H,2-3,6H2,1H3,(H,7,8)(H,9,10). The maximum absolute atomic E-state index is 13.0. The number of carboxylic acid groups (broad SMARTS) is 1. The largest absolute Gasteiger partial charge is 0.487 e. The molecule has 0 saturated heterocycles. The third-order valence-electron chi connectivity index (χ3n) is 6.94. The smallest absolute Gasteiger partial charge is 0.445 e. The molecule has 1 amide bonds. The summed E-state index contributed by atoms with van der Waals surface area (Å²) in [5, 5.41) is 23.7. The molecule has 0 aliphatic heterocycles. The molecule has 0 bridgehead atoms. The Balaban J connectivity index is 0.000000327. The molecule has 1 aromatic heterocycles. The maximum atomic E-state index is 13.0. The first kappa shape index (κ1) is 50.1. The second-order valence-corrected chi connectivity index (χ2v) is 16.0. The molecule has 2 unspecified atom stereocenters. The molecule has 0 aliphatic carbocycles. The van der Waals surface area contributed by atoms with E-state index in [0.717, 1.165) is 18.2 Å². The lowest BCUT2D eigenvalue weighted by molar-refractivity contribution is -0.385. The molecule has 3 aromatic carbocycles. The van der Waals surface area contributed by atoms with Crippen LogP contribution in [-0.2, 0) is 26.5 Å². The minimum atomic E-state index is -4.61. The summed E-state index contributed by atoms with van der Waals surface area (Å²) in [6.07, 6.45) is -9.13. The van der Waals surface area contributed by atoms with Crippen molar-refractivity contribution in [2.75, 3.05) is 30.9 Å². The normalized spacial score (nSPS) is 12.8. The van der Waals surface area contributed by atoms with Crippen molar-refractivity contribution in [2.24, 2.45) is 5.73 Å². The van der Waals surface area contributed by atoms with Crippen LogP contribution in [0.3, 0.4) is 0 Å². The zero-order chi connectivity index (χ0) is 44.9. The zero-order valence-corrected chi connectivity index (χ0v) is 33.6. The molecule has 25 heteroatoms. The van der Waals surface area contributed by atoms with E-state index in [1.807, 2.05) is 0 Å². The molecule has 4 N–H and O–H groups in total. The summed E-state index contributed by atoms with van der Waals surface area (Å²) >= 11 is 6.01. The minimum absolute atomic E-state index is 0.0111. The van der Waals surface area contributed by atoms with Gasteiger partial charge >= 0.3 is 24.0 Å². The molecule has 2 atom stereocenters. The number of carbonyl (C=O) groups is 2. The fourth-order valence-electron chi connectivity index (χ4n) is 4.28. The van der Waals surface area contributed by atoms with Gasteiger partial charge in [-0.15, -0.1) is 5.10 Å². The van der Waals surface area contributed by atoms with Crippen LogP contribution in [0.15, 0.2) is 60.7 Å². The van der Waals surface area contributed by atoms with Gasteiger partial charge < -0.3 is 34.8 Å². The number of hydrogen-bond donors (Lipinski definition) is 3. The summed E-state index contributed by atoms with van der Waals surface area (Å²) in [6, 6.07) is 10.4. The number of nitrogens with two attached hydrogens (primary N) is 1. The molecule has 4 aromatic rings. The number of carbonyl (C=O) groups excluding carboxylic acids is 1. The van der Waals surface area contributed by atoms with Crippen molar-refractivity contribution in [3.63, 3.8) is 0 Å². The van der Waals surface area contributed by atoms with Crippen LogP contribution in [0.2, 0.25) is 5.02 Å². The summed E-state index contributed by atoms with van der Waals surface area (Å²) < 4.78 is 114. The number of amides is 1. The van der Waals surface area contributed by atoms with E-state index < -0.39 is 65.6 Å². The molecule has 4 rings (SSSR count). The van der Waals surface area contributed by atoms with Crippen molar-refractivity contribution >= 4 is 53.6 Å². The van der Waals surface area contributed by atoms with Gasteiger partial charge in [0.1, 0.15) is 23.4 Å². The Kier molecular flexibility index (Phi) is 18.5. The van der Waals surface area contributed by atoms with Crippen molar-refractivity contribution in [3.05, 3.63) is 92.2 Å². The molecular formula is C34H36ClF7N5O10PS. The molecule has 0 aliphatic rings. The van der Waals surface area contributed by atoms with Crippen LogP contribution < -0.4 is 24.8 Å². The lowest BCUT2D eigenvalue weighted by Crippen LogP contribution is -2.40. The predicted molar refractivity (Wildman–Crippen MR) is 201 cm³/mol. The zero-order valence-electron chi connectivity index (χ0n) is 31.2. The molecule has 0 saturated carbocycles. The first-order valence-corrected chi connectivity index (χ1v) is 20.1. The first-order valence-electron chi connectivity index (χ1n) is 16.6. The number of alkyl halides is 6. The number of anilines is 1. The number of aliphatic carboxylic acids is 1. The Morgan fingerprint density at radius 1 is 1.00 bits per heavy atom. The number of nitro groups is 1. The molecule has 0 radical (unpaired) electrons. The average molecular weight is 906 g/mol. The summed E-state index contributed by atoms with van der Waals surface area (Å²) in [6.45, 7) is 6.01. The van der Waals surface area contributed by atoms with Gasteiger partial charge in [-0.25, -0.2) is 4.39 Å². The topological polar surface area (TPSA) is 218 Å². The van der Waals surface area contributed by atoms with E-state index in [4.69, 9.17) is 41.5 Å². The SMILES string of the molecule is CC(C)N(C(=O)COc1nnc(C(F)(F)F)s1)c1ccc(F)cc1.CCOc1cc(Oc2ccc(C(F)(F)F)cc2Cl)ccc1[N+](=O)[O-].CP(=O)(O)CCC(N)C(=O)O. The van der Waals surface area contributed by atoms with Crippen LogP contribution in [0, 0.1) is 15.9 Å². The van der Waals surface area contributed by atoms with Gasteiger partial charge in [-0.1, -0.05) is 28.0 Å². The van der Waals surface area contributed by atoms with E-state index in [1.165, 1.54) is 54.0 Å². The van der Waals surface area contributed by atoms with Crippen molar-refractivity contribution in [1.82, 2.24) is 10.2 Å². The highest BCUT2D eigenvalue weighted by atomic mass is 35.5. The Morgan fingerprint density at radius 3 is 2.10 bits per heavy atom. The molecule has 324 valence electrons. The molecule has 15 nitrogen and oxygen atoms in total. The maximum Gasteiger partial charge on any atom is 0.445 e. The van der Waals surface area contributed by atoms with Gasteiger partial charge in [0, 0.05) is 36.7 Å². The van der Waals surface area contributed by atoms with Crippen molar-refractivity contribution in [2.45, 2.75) is 51.6 Å². The van der Waals surface area contributed by atoms with E-state index in [0.29, 0.717) is 5.69 Å². The fraction of sp³-hybridized carbons (Fsp3) is 0.353. The van der Waals surface area contributed by atoms with Crippen LogP contribution >= 0.6 is 30.3 Å². The lowest BCUT2D eigenvalue weighted by atomic mass is 10.2. The summed E-state index contributed by atoms with van der Waals surface area (Å²) in [7, 11) is -3.10. The van der Waals surface area contributed by atoms with E-state index in [2.05, 4.69) is 10.2 Å². The summed E-state index contributed by atoms with van der Waals surface area (Å²) in [4.78, 5) is 42.8. The second kappa shape index (κ2) is 21.8. The van der Waals surface area contributed by atoms with Crippen molar-refractivity contribution in [1.29, 1.82) is 0 Å². The Hall–Kier alpha value is -5.09. The second-order valence-electron chi connectivity index (χ2n) is 12.1. The third-order valence-corrected chi connectivity index (χ3v) is 9.21. The molecule has 59 heavy (non-hydrogen) atoms. The van der Waals surface area contributed by atoms with Crippen LogP contribution in [-0.4, -0.2) is 75.1 Å². The number of halogens is 8. The van der Waals surface area contributed by atoms with E-state index >= 15 is 0 Å². The first-order chi connectivity index (χ1) is 27.2. The van der Waals surface area contributed by atoms with Gasteiger partial charge in [-0.2, -0.15) is 26.3 Å². The van der Waals surface area contributed by atoms with Crippen molar-refractivity contribution in [3.8, 4) is 22.4 Å². The average Bonchev–Trinajstić information content (AvgIpc) is 3.62. The number of nitro benzene ring substituents is 1. The molecule has 0 fully saturated rings. The van der Waals surface area contributed by atoms with E-state index in [9.17, 15) is 55.0 Å². The highest BCUT2D eigenvalue weighted by molar-refractivity contribution is 7.57.